The molecule has 2 aromatic heterocycles. The van der Waals surface area contributed by atoms with Crippen LogP contribution in [0.1, 0.15) is 80.0 Å². The molecule has 0 spiro atoms. The molecule has 1 aliphatic rings. The molecule has 0 bridgehead atoms. The summed E-state index contributed by atoms with van der Waals surface area (Å²) < 4.78 is 32.9. The number of amides is 1. The molecule has 1 saturated carbocycles. The number of unbranched alkanes of at least 4 members (excludes halogenated alkanes) is 1. The van der Waals surface area contributed by atoms with E-state index in [2.05, 4.69) is 17.2 Å². The van der Waals surface area contributed by atoms with Crippen molar-refractivity contribution in [1.29, 1.82) is 0 Å². The molecule has 162 valence electrons. The van der Waals surface area contributed by atoms with Crippen molar-refractivity contribution in [1.82, 2.24) is 14.7 Å². The van der Waals surface area contributed by atoms with Crippen molar-refractivity contribution >= 4 is 11.6 Å². The van der Waals surface area contributed by atoms with E-state index in [0.717, 1.165) is 38.5 Å². The molecule has 3 rings (SSSR count). The number of carbonyl (C=O) groups excluding carboxylic acids is 1. The minimum Gasteiger partial charge on any atom is -0.396 e. The van der Waals surface area contributed by atoms with Gasteiger partial charge in [-0.2, -0.15) is 0 Å². The van der Waals surface area contributed by atoms with Crippen LogP contribution in [-0.4, -0.2) is 40.2 Å². The maximum Gasteiger partial charge on any atom is 0.280 e. The van der Waals surface area contributed by atoms with Crippen molar-refractivity contribution < 1.29 is 23.4 Å². The molecule has 0 atom stereocenters. The maximum absolute atomic E-state index is 13.1. The molecule has 29 heavy (non-hydrogen) atoms. The lowest BCUT2D eigenvalue weighted by Gasteiger charge is -2.22. The van der Waals surface area contributed by atoms with Crippen LogP contribution in [0.5, 0.6) is 0 Å². The Hall–Kier alpha value is -2.06. The number of aliphatic hydroxyl groups excluding tert-OH is 1. The van der Waals surface area contributed by atoms with Crippen LogP contribution in [0.2, 0.25) is 0 Å². The van der Waals surface area contributed by atoms with Gasteiger partial charge < -0.3 is 19.6 Å². The summed E-state index contributed by atoms with van der Waals surface area (Å²) in [6, 6.07) is 3.08. The first-order chi connectivity index (χ1) is 14.0. The molecule has 0 aliphatic heterocycles. The summed E-state index contributed by atoms with van der Waals surface area (Å²) in [6.45, 7) is 2.56. The fourth-order valence-corrected chi connectivity index (χ4v) is 3.38. The molecule has 1 aliphatic carbocycles. The van der Waals surface area contributed by atoms with Gasteiger partial charge in [-0.15, -0.1) is 0 Å². The van der Waals surface area contributed by atoms with Crippen LogP contribution < -0.4 is 5.32 Å². The maximum atomic E-state index is 13.1. The minimum atomic E-state index is -2.70. The molecular formula is C21H31F2N3O3. The number of aromatic nitrogens is 2. The molecular weight excluding hydrogens is 380 g/mol. The molecule has 0 saturated heterocycles. The van der Waals surface area contributed by atoms with Crippen LogP contribution in [0.3, 0.4) is 0 Å². The number of nitrogens with one attached hydrogen (secondary N) is 1. The SMILES string of the molecule is CCCCO.COCc1cc(C(F)F)nc2c(C(=O)NC3CCCCC3)ccn12. The van der Waals surface area contributed by atoms with E-state index >= 15 is 0 Å². The highest BCUT2D eigenvalue weighted by atomic mass is 19.3. The number of fused-ring (bicyclic) bond motifs is 1. The van der Waals surface area contributed by atoms with Crippen molar-refractivity contribution in [3.63, 3.8) is 0 Å². The number of halogens is 2. The van der Waals surface area contributed by atoms with Gasteiger partial charge in [-0.3, -0.25) is 4.79 Å². The Balaban J connectivity index is 0.000000537. The summed E-state index contributed by atoms with van der Waals surface area (Å²) in [5.74, 6) is -0.258. The average Bonchev–Trinajstić information content (AvgIpc) is 3.14. The Morgan fingerprint density at radius 1 is 1.38 bits per heavy atom. The Morgan fingerprint density at radius 3 is 2.66 bits per heavy atom. The second kappa shape index (κ2) is 11.8. The number of carbonyl (C=O) groups is 1. The van der Waals surface area contributed by atoms with E-state index in [9.17, 15) is 13.6 Å². The first kappa shape index (κ1) is 23.2. The predicted molar refractivity (Wildman–Crippen MR) is 107 cm³/mol. The van der Waals surface area contributed by atoms with Gasteiger partial charge in [0.2, 0.25) is 0 Å². The predicted octanol–water partition coefficient (Wildman–Crippen LogP) is 4.26. The van der Waals surface area contributed by atoms with Crippen LogP contribution >= 0.6 is 0 Å². The Labute approximate surface area is 170 Å². The summed E-state index contributed by atoms with van der Waals surface area (Å²) in [5, 5.41) is 11.1. The monoisotopic (exact) mass is 411 g/mol. The number of aliphatic hydroxyl groups is 1. The normalized spacial score (nSPS) is 14.7. The fraction of sp³-hybridized carbons (Fsp3) is 0.619. The number of methoxy groups -OCH3 is 1. The zero-order valence-electron chi connectivity index (χ0n) is 17.2. The van der Waals surface area contributed by atoms with Crippen molar-refractivity contribution in [2.75, 3.05) is 13.7 Å². The third kappa shape index (κ3) is 6.47. The molecule has 0 unspecified atom stereocenters. The highest BCUT2D eigenvalue weighted by Gasteiger charge is 2.21. The van der Waals surface area contributed by atoms with E-state index in [1.165, 1.54) is 19.6 Å². The molecule has 2 heterocycles. The number of nitrogens with zero attached hydrogens (tertiary/aromatic N) is 2. The van der Waals surface area contributed by atoms with Gasteiger partial charge in [-0.25, -0.2) is 13.8 Å². The van der Waals surface area contributed by atoms with E-state index in [0.29, 0.717) is 17.9 Å². The zero-order valence-corrected chi connectivity index (χ0v) is 17.2. The lowest BCUT2D eigenvalue weighted by molar-refractivity contribution is 0.0929. The molecule has 8 heteroatoms. The van der Waals surface area contributed by atoms with Gasteiger partial charge >= 0.3 is 0 Å². The largest absolute Gasteiger partial charge is 0.396 e. The quantitative estimate of drug-likeness (QED) is 0.714. The number of hydrogen-bond donors (Lipinski definition) is 2. The van der Waals surface area contributed by atoms with E-state index < -0.39 is 6.43 Å². The molecule has 6 nitrogen and oxygen atoms in total. The lowest BCUT2D eigenvalue weighted by atomic mass is 9.95. The summed E-state index contributed by atoms with van der Waals surface area (Å²) in [5.41, 5.74) is 0.753. The van der Waals surface area contributed by atoms with Crippen LogP contribution in [0.15, 0.2) is 18.3 Å². The van der Waals surface area contributed by atoms with E-state index in [1.54, 1.807) is 16.7 Å². The highest BCUT2D eigenvalue weighted by molar-refractivity contribution is 6.00. The third-order valence-corrected chi connectivity index (χ3v) is 4.93. The van der Waals surface area contributed by atoms with Gasteiger partial charge in [0, 0.05) is 26.0 Å². The number of hydrogen-bond acceptors (Lipinski definition) is 4. The van der Waals surface area contributed by atoms with E-state index in [-0.39, 0.29) is 29.9 Å². The lowest BCUT2D eigenvalue weighted by Crippen LogP contribution is -2.36. The van der Waals surface area contributed by atoms with Gasteiger partial charge in [0.25, 0.3) is 12.3 Å². The minimum absolute atomic E-state index is 0.151. The standard InChI is InChI=1S/C17H21F2N3O2.C4H10O/c1-24-10-12-9-14(15(18)19)21-16-13(7-8-22(12)16)17(23)20-11-5-3-2-4-6-11;1-2-3-4-5/h7-9,11,15H,2-6,10H2,1H3,(H,20,23);5H,2-4H2,1H3. The van der Waals surface area contributed by atoms with E-state index in [1.807, 2.05) is 0 Å². The molecule has 2 aromatic rings. The van der Waals surface area contributed by atoms with Crippen LogP contribution in [0, 0.1) is 0 Å². The fourth-order valence-electron chi connectivity index (χ4n) is 3.38. The molecule has 0 aromatic carbocycles. The Bertz CT molecular complexity index is 772. The first-order valence-electron chi connectivity index (χ1n) is 10.2. The summed E-state index contributed by atoms with van der Waals surface area (Å²) in [4.78, 5) is 16.5. The van der Waals surface area contributed by atoms with E-state index in [4.69, 9.17) is 9.84 Å². The second-order valence-corrected chi connectivity index (χ2v) is 7.21. The van der Waals surface area contributed by atoms with Crippen LogP contribution in [0.25, 0.3) is 5.65 Å². The summed E-state index contributed by atoms with van der Waals surface area (Å²) in [6.07, 6.45) is 6.33. The van der Waals surface area contributed by atoms with Gasteiger partial charge in [0.1, 0.15) is 11.3 Å². The smallest absolute Gasteiger partial charge is 0.280 e. The van der Waals surface area contributed by atoms with Crippen molar-refractivity contribution in [3.05, 3.63) is 35.3 Å². The average molecular weight is 411 g/mol. The van der Waals surface area contributed by atoms with Gasteiger partial charge in [0.05, 0.1) is 17.9 Å². The van der Waals surface area contributed by atoms with Crippen LogP contribution in [0.4, 0.5) is 8.78 Å². The molecule has 1 amide bonds. The topological polar surface area (TPSA) is 75.9 Å². The summed E-state index contributed by atoms with van der Waals surface area (Å²) in [7, 11) is 1.49. The third-order valence-electron chi connectivity index (χ3n) is 4.93. The van der Waals surface area contributed by atoms with Crippen molar-refractivity contribution in [2.24, 2.45) is 0 Å². The first-order valence-corrected chi connectivity index (χ1v) is 10.2. The highest BCUT2D eigenvalue weighted by Crippen LogP contribution is 2.23. The summed E-state index contributed by atoms with van der Waals surface area (Å²) >= 11 is 0. The number of ether oxygens (including phenoxy) is 1. The second-order valence-electron chi connectivity index (χ2n) is 7.21. The van der Waals surface area contributed by atoms with Gasteiger partial charge in [-0.05, 0) is 31.4 Å². The van der Waals surface area contributed by atoms with Gasteiger partial charge in [0.15, 0.2) is 0 Å². The number of alkyl halides is 2. The van der Waals surface area contributed by atoms with Crippen LogP contribution in [-0.2, 0) is 11.3 Å². The Morgan fingerprint density at radius 2 is 2.10 bits per heavy atom. The molecule has 0 radical (unpaired) electrons. The van der Waals surface area contributed by atoms with Gasteiger partial charge in [-0.1, -0.05) is 32.6 Å². The van der Waals surface area contributed by atoms with Crippen molar-refractivity contribution in [2.45, 2.75) is 70.9 Å². The molecule has 1 fully saturated rings. The van der Waals surface area contributed by atoms with Crippen molar-refractivity contribution in [3.8, 4) is 0 Å². The Kier molecular flexibility index (Phi) is 9.47. The molecule has 2 N–H and O–H groups in total. The number of rotatable bonds is 7. The zero-order chi connectivity index (χ0) is 21.2.